The first-order chi connectivity index (χ1) is 3.80. The molecule has 0 saturated carbocycles. The van der Waals surface area contributed by atoms with E-state index < -0.39 is 11.9 Å². The molecule has 0 fully saturated rings. The zero-order valence-electron chi connectivity index (χ0n) is 4.70. The average molecular weight is 120 g/mol. The Balaban J connectivity index is 0.000000640. The Labute approximate surface area is 62.2 Å². The van der Waals surface area contributed by atoms with Crippen LogP contribution in [0.2, 0.25) is 0 Å². The van der Waals surface area contributed by atoms with Crippen LogP contribution in [0.3, 0.4) is 0 Å². The van der Waals surface area contributed by atoms with Crippen molar-refractivity contribution in [2.75, 3.05) is 0 Å². The van der Waals surface area contributed by atoms with Gasteiger partial charge in [0, 0.05) is 0 Å². The summed E-state index contributed by atoms with van der Waals surface area (Å²) < 4.78 is 4.07. The number of aromatic nitrogens is 2. The molecule has 6 heteroatoms. The molecule has 5 nitrogen and oxygen atoms in total. The van der Waals surface area contributed by atoms with E-state index >= 15 is 0 Å². The first kappa shape index (κ1) is 8.21. The van der Waals surface area contributed by atoms with Gasteiger partial charge in [-0.3, -0.25) is 0 Å². The predicted octanol–water partition coefficient (Wildman–Crippen LogP) is -4.56. The summed E-state index contributed by atoms with van der Waals surface area (Å²) in [5.41, 5.74) is 0. The molecule has 0 N–H and O–H groups in total. The molecule has 0 aromatic carbocycles. The predicted molar refractivity (Wildman–Crippen MR) is 18.6 cm³/mol. The number of carboxylic acids is 1. The minimum Gasteiger partial charge on any atom is -0.540 e. The number of carbonyl (C=O) groups is 1. The van der Waals surface area contributed by atoms with Crippen molar-refractivity contribution < 1.29 is 33.3 Å². The number of aromatic carboxylic acids is 1. The number of rotatable bonds is 1. The molecule has 0 radical (unpaired) electrons. The topological polar surface area (TPSA) is 79.0 Å². The Morgan fingerprint density at radius 1 is 1.78 bits per heavy atom. The van der Waals surface area contributed by atoms with E-state index in [9.17, 15) is 9.90 Å². The van der Waals surface area contributed by atoms with E-state index in [-0.39, 0.29) is 18.9 Å². The summed E-state index contributed by atoms with van der Waals surface area (Å²) in [5, 5.41) is 12.8. The van der Waals surface area contributed by atoms with Crippen molar-refractivity contribution in [3.8, 4) is 0 Å². The van der Waals surface area contributed by atoms with Gasteiger partial charge in [0.2, 0.25) is 0 Å². The minimum atomic E-state index is -1.46. The normalized spacial score (nSPS) is 8.00. The van der Waals surface area contributed by atoms with Crippen molar-refractivity contribution in [3.63, 3.8) is 0 Å². The van der Waals surface area contributed by atoms with Crippen molar-refractivity contribution in [2.24, 2.45) is 0 Å². The van der Waals surface area contributed by atoms with Crippen LogP contribution < -0.4 is 24.0 Å². The van der Waals surface area contributed by atoms with Gasteiger partial charge in [0.15, 0.2) is 6.33 Å². The van der Waals surface area contributed by atoms with E-state index in [2.05, 4.69) is 14.7 Å². The Hall–Kier alpha value is -0.793. The molecule has 0 atom stereocenters. The van der Waals surface area contributed by atoms with Gasteiger partial charge >= 0.3 is 18.9 Å². The summed E-state index contributed by atoms with van der Waals surface area (Å²) in [6, 6.07) is 0. The molecular weight excluding hydrogens is 119 g/mol. The zero-order valence-corrected chi connectivity index (χ0v) is 4.70. The van der Waals surface area contributed by atoms with Crippen LogP contribution in [-0.2, 0) is 0 Å². The molecule has 1 heterocycles. The van der Waals surface area contributed by atoms with Gasteiger partial charge in [0.25, 0.3) is 5.89 Å². The van der Waals surface area contributed by atoms with Crippen molar-refractivity contribution in [3.05, 3.63) is 12.2 Å². The fraction of sp³-hybridized carbons (Fsp3) is 0. The van der Waals surface area contributed by atoms with Crippen LogP contribution in [0.25, 0.3) is 0 Å². The molecule has 0 unspecified atom stereocenters. The number of nitrogens with zero attached hydrogens (tertiary/aromatic N) is 2. The average Bonchev–Trinajstić information content (AvgIpc) is 2.12. The van der Waals surface area contributed by atoms with Gasteiger partial charge in [-0.05, 0) is 0 Å². The van der Waals surface area contributed by atoms with E-state index in [1.807, 2.05) is 0 Å². The maximum atomic E-state index is 9.75. The molecule has 1 aromatic heterocycles. The summed E-state index contributed by atoms with van der Waals surface area (Å²) in [6.07, 6.45) is 0.991. The van der Waals surface area contributed by atoms with Crippen LogP contribution in [0, 0.1) is 0 Å². The van der Waals surface area contributed by atoms with Crippen molar-refractivity contribution >= 4 is 5.97 Å². The summed E-state index contributed by atoms with van der Waals surface area (Å²) >= 11 is 0. The second-order valence-electron chi connectivity index (χ2n) is 1.03. The SMILES string of the molecule is O=C([O-])c1ncno1.[Li+]. The minimum absolute atomic E-state index is 0. The largest absolute Gasteiger partial charge is 1.00 e. The molecule has 0 amide bonds. The van der Waals surface area contributed by atoms with E-state index in [4.69, 9.17) is 0 Å². The second kappa shape index (κ2) is 3.28. The maximum Gasteiger partial charge on any atom is 1.00 e. The summed E-state index contributed by atoms with van der Waals surface area (Å²) in [7, 11) is 0. The summed E-state index contributed by atoms with van der Waals surface area (Å²) in [4.78, 5) is 12.9. The summed E-state index contributed by atoms with van der Waals surface area (Å²) in [5.74, 6) is -1.95. The van der Waals surface area contributed by atoms with Crippen LogP contribution in [0.5, 0.6) is 0 Å². The van der Waals surface area contributed by atoms with E-state index in [1.165, 1.54) is 0 Å². The van der Waals surface area contributed by atoms with Crippen LogP contribution in [0.4, 0.5) is 0 Å². The van der Waals surface area contributed by atoms with Gasteiger partial charge < -0.3 is 14.4 Å². The smallest absolute Gasteiger partial charge is 0.540 e. The second-order valence-corrected chi connectivity index (χ2v) is 1.03. The standard InChI is InChI=1S/C3H2N2O3.Li/c6-3(7)2-4-1-5-8-2;/h1H,(H,6,7);/q;+1/p-1. The third kappa shape index (κ3) is 1.88. The van der Waals surface area contributed by atoms with Gasteiger partial charge in [0.1, 0.15) is 5.97 Å². The molecule has 0 bridgehead atoms. The fourth-order valence-corrected chi connectivity index (χ4v) is 0.263. The molecule has 0 saturated heterocycles. The molecular formula is C3HLiN2O3. The molecule has 0 aliphatic heterocycles. The van der Waals surface area contributed by atoms with Crippen LogP contribution in [0.15, 0.2) is 10.9 Å². The molecule has 9 heavy (non-hydrogen) atoms. The first-order valence-electron chi connectivity index (χ1n) is 1.78. The molecule has 1 aromatic rings. The maximum absolute atomic E-state index is 9.75. The Morgan fingerprint density at radius 3 is 2.67 bits per heavy atom. The van der Waals surface area contributed by atoms with Crippen molar-refractivity contribution in [2.45, 2.75) is 0 Å². The zero-order chi connectivity index (χ0) is 5.98. The third-order valence-corrected chi connectivity index (χ3v) is 0.536. The molecule has 0 aliphatic rings. The van der Waals surface area contributed by atoms with Gasteiger partial charge in [-0.15, -0.1) is 0 Å². The number of hydrogen-bond donors (Lipinski definition) is 0. The molecule has 1 rings (SSSR count). The molecule has 42 valence electrons. The monoisotopic (exact) mass is 120 g/mol. The third-order valence-electron chi connectivity index (χ3n) is 0.536. The van der Waals surface area contributed by atoms with Gasteiger partial charge in [-0.2, -0.15) is 4.98 Å². The van der Waals surface area contributed by atoms with Crippen molar-refractivity contribution in [1.29, 1.82) is 0 Å². The Kier molecular flexibility index (Phi) is 2.99. The van der Waals surface area contributed by atoms with Crippen LogP contribution in [0.1, 0.15) is 10.7 Å². The van der Waals surface area contributed by atoms with Crippen molar-refractivity contribution in [1.82, 2.24) is 10.1 Å². The summed E-state index contributed by atoms with van der Waals surface area (Å²) in [6.45, 7) is 0. The Morgan fingerprint density at radius 2 is 2.44 bits per heavy atom. The van der Waals surface area contributed by atoms with E-state index in [1.54, 1.807) is 0 Å². The van der Waals surface area contributed by atoms with Gasteiger partial charge in [-0.1, -0.05) is 5.16 Å². The Bertz CT molecular complexity index is 185. The number of carbonyl (C=O) groups excluding carboxylic acids is 1. The van der Waals surface area contributed by atoms with Gasteiger partial charge in [-0.25, -0.2) is 0 Å². The number of carboxylic acid groups (broad SMARTS) is 1. The molecule has 0 aliphatic carbocycles. The van der Waals surface area contributed by atoms with E-state index in [0.717, 1.165) is 6.33 Å². The number of hydrogen-bond acceptors (Lipinski definition) is 5. The van der Waals surface area contributed by atoms with E-state index in [0.29, 0.717) is 0 Å². The van der Waals surface area contributed by atoms with Crippen LogP contribution >= 0.6 is 0 Å². The van der Waals surface area contributed by atoms with Gasteiger partial charge in [0.05, 0.1) is 0 Å². The molecule has 0 spiro atoms. The first-order valence-corrected chi connectivity index (χ1v) is 1.78. The van der Waals surface area contributed by atoms with Crippen LogP contribution in [-0.4, -0.2) is 16.1 Å². The fourth-order valence-electron chi connectivity index (χ4n) is 0.263. The quantitative estimate of drug-likeness (QED) is 0.348.